The summed E-state index contributed by atoms with van der Waals surface area (Å²) in [5, 5.41) is 24.7. The van der Waals surface area contributed by atoms with Crippen molar-refractivity contribution >= 4 is 27.1 Å². The van der Waals surface area contributed by atoms with Crippen molar-refractivity contribution in [3.8, 4) is 11.5 Å². The van der Waals surface area contributed by atoms with Gasteiger partial charge in [0.25, 0.3) is 0 Å². The Morgan fingerprint density at radius 2 is 1.28 bits per heavy atom. The highest BCUT2D eigenvalue weighted by atomic mass is 16.3. The molecule has 4 aromatic rings. The van der Waals surface area contributed by atoms with Crippen LogP contribution in [0.3, 0.4) is 0 Å². The highest BCUT2D eigenvalue weighted by molar-refractivity contribution is 5.92. The fraction of sp³-hybridized carbons (Fsp3) is 0.267. The molecule has 0 saturated heterocycles. The molecule has 32 heavy (non-hydrogen) atoms. The van der Waals surface area contributed by atoms with Crippen molar-refractivity contribution in [3.05, 3.63) is 89.0 Å². The van der Waals surface area contributed by atoms with Gasteiger partial charge in [-0.3, -0.25) is 0 Å². The standard InChI is InChI=1S/C30H28O2/c31-23-10-14-27-21(17-23)8-12-25-19-6-7-20(16-19)26-13-9-22-18-24(32)11-15-28(22)30(26)5-3-1-2-4-29(25)27/h8-19,31-32H,1-7H2. The zero-order valence-electron chi connectivity index (χ0n) is 18.3. The van der Waals surface area contributed by atoms with E-state index >= 15 is 0 Å². The van der Waals surface area contributed by atoms with Gasteiger partial charge < -0.3 is 10.2 Å². The Balaban J connectivity index is 1.51. The summed E-state index contributed by atoms with van der Waals surface area (Å²) in [6, 6.07) is 20.6. The molecule has 0 aromatic heterocycles. The third-order valence-corrected chi connectivity index (χ3v) is 7.49. The molecule has 0 spiro atoms. The van der Waals surface area contributed by atoms with E-state index < -0.39 is 0 Å². The van der Waals surface area contributed by atoms with E-state index in [2.05, 4.69) is 42.5 Å². The lowest BCUT2D eigenvalue weighted by Crippen LogP contribution is -2.01. The number of phenolic OH excluding ortho intramolecular Hbond substituents is 2. The number of benzene rings is 4. The van der Waals surface area contributed by atoms with Gasteiger partial charge in [-0.2, -0.15) is 0 Å². The number of hydrogen-bond acceptors (Lipinski definition) is 2. The third-order valence-electron chi connectivity index (χ3n) is 7.49. The van der Waals surface area contributed by atoms with Crippen LogP contribution in [0, 0.1) is 0 Å². The molecule has 0 aliphatic heterocycles. The predicted molar refractivity (Wildman–Crippen MR) is 132 cm³/mol. The Hall–Kier alpha value is -3.26. The van der Waals surface area contributed by atoms with E-state index in [0.29, 0.717) is 17.4 Å². The number of hydrogen-bond donors (Lipinski definition) is 2. The van der Waals surface area contributed by atoms with Crippen LogP contribution in [0.4, 0.5) is 0 Å². The lowest BCUT2D eigenvalue weighted by Gasteiger charge is -2.18. The number of allylic oxidation sites excluding steroid dienone is 2. The Kier molecular flexibility index (Phi) is 4.68. The molecule has 1 unspecified atom stereocenters. The first-order chi connectivity index (χ1) is 15.7. The van der Waals surface area contributed by atoms with Gasteiger partial charge in [-0.05, 0) is 112 Å². The highest BCUT2D eigenvalue weighted by Crippen LogP contribution is 2.43. The van der Waals surface area contributed by atoms with Crippen LogP contribution in [-0.2, 0) is 12.8 Å². The van der Waals surface area contributed by atoms with Gasteiger partial charge >= 0.3 is 0 Å². The Labute approximate surface area is 188 Å². The molecule has 0 saturated carbocycles. The zero-order chi connectivity index (χ0) is 21.7. The summed E-state index contributed by atoms with van der Waals surface area (Å²) in [5.41, 5.74) is 7.26. The van der Waals surface area contributed by atoms with Gasteiger partial charge in [0.05, 0.1) is 0 Å². The first-order valence-corrected chi connectivity index (χ1v) is 11.9. The summed E-state index contributed by atoms with van der Waals surface area (Å²) >= 11 is 0. The molecule has 2 N–H and O–H groups in total. The largest absolute Gasteiger partial charge is 0.508 e. The molecule has 1 atom stereocenters. The van der Waals surface area contributed by atoms with Crippen molar-refractivity contribution in [2.75, 3.05) is 0 Å². The minimum atomic E-state index is 0.336. The number of aryl methyl sites for hydroxylation is 2. The monoisotopic (exact) mass is 420 g/mol. The second-order valence-electron chi connectivity index (χ2n) is 9.43. The van der Waals surface area contributed by atoms with Crippen molar-refractivity contribution in [1.82, 2.24) is 0 Å². The van der Waals surface area contributed by atoms with Gasteiger partial charge in [0.2, 0.25) is 0 Å². The summed E-state index contributed by atoms with van der Waals surface area (Å²) in [6.45, 7) is 0. The molecule has 2 bridgehead atoms. The van der Waals surface area contributed by atoms with Gasteiger partial charge in [-0.1, -0.05) is 48.9 Å². The van der Waals surface area contributed by atoms with Crippen molar-refractivity contribution < 1.29 is 10.2 Å². The maximum absolute atomic E-state index is 9.95. The second kappa shape index (κ2) is 7.70. The van der Waals surface area contributed by atoms with Crippen LogP contribution in [0.5, 0.6) is 11.5 Å². The predicted octanol–water partition coefficient (Wildman–Crippen LogP) is 7.63. The summed E-state index contributed by atoms with van der Waals surface area (Å²) in [5.74, 6) is 1.12. The van der Waals surface area contributed by atoms with Crippen LogP contribution < -0.4 is 0 Å². The van der Waals surface area contributed by atoms with Crippen LogP contribution in [-0.4, -0.2) is 10.2 Å². The molecule has 0 fully saturated rings. The molecule has 0 amide bonds. The van der Waals surface area contributed by atoms with Crippen molar-refractivity contribution in [1.29, 1.82) is 0 Å². The SMILES string of the molecule is Oc1ccc2c3c(ccc2c1)C1=CC(CC1)c1ccc2cc(O)ccc2c1CCCCC3. The first-order valence-electron chi connectivity index (χ1n) is 11.9. The van der Waals surface area contributed by atoms with Crippen molar-refractivity contribution in [3.63, 3.8) is 0 Å². The van der Waals surface area contributed by atoms with Crippen LogP contribution in [0.15, 0.2) is 66.7 Å². The van der Waals surface area contributed by atoms with Gasteiger partial charge in [-0.15, -0.1) is 0 Å². The third kappa shape index (κ3) is 3.26. The Bertz CT molecular complexity index is 1380. The highest BCUT2D eigenvalue weighted by Gasteiger charge is 2.24. The van der Waals surface area contributed by atoms with Gasteiger partial charge in [-0.25, -0.2) is 0 Å². The molecule has 6 rings (SSSR count). The molecule has 2 nitrogen and oxygen atoms in total. The van der Waals surface area contributed by atoms with E-state index in [4.69, 9.17) is 0 Å². The molecule has 0 radical (unpaired) electrons. The number of aromatic hydroxyl groups is 2. The quantitative estimate of drug-likeness (QED) is 0.307. The van der Waals surface area contributed by atoms with E-state index in [-0.39, 0.29) is 0 Å². The topological polar surface area (TPSA) is 40.5 Å². The van der Waals surface area contributed by atoms with Gasteiger partial charge in [0.1, 0.15) is 11.5 Å². The van der Waals surface area contributed by atoms with Crippen molar-refractivity contribution in [2.45, 2.75) is 50.9 Å². The summed E-state index contributed by atoms with van der Waals surface area (Å²) in [4.78, 5) is 0. The normalized spacial score (nSPS) is 18.5. The van der Waals surface area contributed by atoms with E-state index in [9.17, 15) is 10.2 Å². The molecule has 2 heteroatoms. The average Bonchev–Trinajstić information content (AvgIpc) is 3.27. The summed E-state index contributed by atoms with van der Waals surface area (Å²) in [6.07, 6.45) is 10.5. The van der Waals surface area contributed by atoms with Crippen LogP contribution >= 0.6 is 0 Å². The number of phenols is 2. The van der Waals surface area contributed by atoms with Crippen LogP contribution in [0.25, 0.3) is 27.1 Å². The van der Waals surface area contributed by atoms with E-state index in [1.807, 2.05) is 24.3 Å². The lowest BCUT2D eigenvalue weighted by atomic mass is 9.86. The first kappa shape index (κ1) is 19.4. The molecule has 2 aliphatic carbocycles. The van der Waals surface area contributed by atoms with Crippen LogP contribution in [0.2, 0.25) is 0 Å². The second-order valence-corrected chi connectivity index (χ2v) is 9.43. The molecule has 2 aliphatic rings. The van der Waals surface area contributed by atoms with E-state index in [1.54, 1.807) is 0 Å². The maximum Gasteiger partial charge on any atom is 0.116 e. The fourth-order valence-electron chi connectivity index (χ4n) is 5.95. The number of fused-ring (bicyclic) bond motifs is 9. The smallest absolute Gasteiger partial charge is 0.116 e. The van der Waals surface area contributed by atoms with E-state index in [1.165, 1.54) is 57.9 Å². The maximum atomic E-state index is 9.95. The minimum Gasteiger partial charge on any atom is -0.508 e. The molecule has 0 heterocycles. The fourth-order valence-corrected chi connectivity index (χ4v) is 5.95. The Morgan fingerprint density at radius 1 is 0.625 bits per heavy atom. The minimum absolute atomic E-state index is 0.336. The molecule has 160 valence electrons. The van der Waals surface area contributed by atoms with E-state index in [0.717, 1.165) is 36.5 Å². The number of rotatable bonds is 0. The van der Waals surface area contributed by atoms with Gasteiger partial charge in [0, 0.05) is 5.92 Å². The van der Waals surface area contributed by atoms with Crippen molar-refractivity contribution in [2.24, 2.45) is 0 Å². The summed E-state index contributed by atoms with van der Waals surface area (Å²) in [7, 11) is 0. The average molecular weight is 421 g/mol. The summed E-state index contributed by atoms with van der Waals surface area (Å²) < 4.78 is 0. The Morgan fingerprint density at radius 3 is 2.03 bits per heavy atom. The van der Waals surface area contributed by atoms with Crippen LogP contribution in [0.1, 0.15) is 60.3 Å². The molecular weight excluding hydrogens is 392 g/mol. The molecular formula is C30H28O2. The molecule has 4 aromatic carbocycles. The lowest BCUT2D eigenvalue weighted by molar-refractivity contribution is 0.475. The van der Waals surface area contributed by atoms with Gasteiger partial charge in [0.15, 0.2) is 0 Å². The zero-order valence-corrected chi connectivity index (χ0v) is 18.3.